The number of methoxy groups -OCH3 is 3. The van der Waals surface area contributed by atoms with E-state index in [1.165, 1.54) is 30.8 Å². The van der Waals surface area contributed by atoms with E-state index in [0.29, 0.717) is 23.3 Å². The van der Waals surface area contributed by atoms with E-state index < -0.39 is 0 Å². The first kappa shape index (κ1) is 23.9. The second-order valence-electron chi connectivity index (χ2n) is 10.0. The first-order chi connectivity index (χ1) is 17.0. The molecule has 1 aromatic carbocycles. The summed E-state index contributed by atoms with van der Waals surface area (Å²) in [6.45, 7) is 5.06. The summed E-state index contributed by atoms with van der Waals surface area (Å²) in [5, 5.41) is 5.22. The SMILES string of the molecule is CCc1nn2c(-c3c(OC)cc(OC)cc3OC)cccc2c1[N+](C)(CC1CC1)C1CCOCC1. The van der Waals surface area contributed by atoms with Crippen LogP contribution in [0.2, 0.25) is 0 Å². The van der Waals surface area contributed by atoms with E-state index in [4.69, 9.17) is 24.0 Å². The molecule has 1 aliphatic carbocycles. The minimum absolute atomic E-state index is 0.538. The lowest BCUT2D eigenvalue weighted by Gasteiger charge is -2.43. The molecule has 7 nitrogen and oxygen atoms in total. The highest BCUT2D eigenvalue weighted by Gasteiger charge is 2.44. The Bertz CT molecular complexity index is 1170. The maximum absolute atomic E-state index is 5.80. The van der Waals surface area contributed by atoms with Gasteiger partial charge in [-0.3, -0.25) is 4.48 Å². The molecule has 0 spiro atoms. The van der Waals surface area contributed by atoms with Crippen LogP contribution in [-0.4, -0.2) is 63.8 Å². The van der Waals surface area contributed by atoms with Crippen molar-refractivity contribution in [3.63, 3.8) is 0 Å². The quantitative estimate of drug-likeness (QED) is 0.398. The summed E-state index contributed by atoms with van der Waals surface area (Å²) >= 11 is 0. The van der Waals surface area contributed by atoms with Gasteiger partial charge in [-0.05, 0) is 31.4 Å². The van der Waals surface area contributed by atoms with Crippen molar-refractivity contribution in [1.29, 1.82) is 0 Å². The highest BCUT2D eigenvalue weighted by Crippen LogP contribution is 2.45. The summed E-state index contributed by atoms with van der Waals surface area (Å²) in [5.74, 6) is 2.89. The van der Waals surface area contributed by atoms with Crippen LogP contribution in [-0.2, 0) is 11.2 Å². The molecule has 0 N–H and O–H groups in total. The molecule has 1 atom stereocenters. The van der Waals surface area contributed by atoms with Gasteiger partial charge in [-0.1, -0.05) is 13.0 Å². The standard InChI is InChI=1S/C28H38N3O4/c1-6-22-28(31(2,18-19-10-11-19)20-12-14-35-15-13-20)24-9-7-8-23(30(24)29-22)27-25(33-4)16-21(32-3)17-26(27)34-5/h7-9,16-17,19-20H,6,10-15,18H2,1-5H3/q+1. The number of fused-ring (bicyclic) bond motifs is 1. The van der Waals surface area contributed by atoms with Crippen molar-refractivity contribution < 1.29 is 18.9 Å². The third kappa shape index (κ3) is 4.25. The molecular weight excluding hydrogens is 442 g/mol. The summed E-state index contributed by atoms with van der Waals surface area (Å²) in [6, 6.07) is 10.8. The second kappa shape index (κ2) is 9.70. The molecule has 7 heteroatoms. The van der Waals surface area contributed by atoms with Gasteiger partial charge >= 0.3 is 0 Å². The van der Waals surface area contributed by atoms with E-state index in [-0.39, 0.29) is 0 Å². The molecule has 1 saturated heterocycles. The number of aryl methyl sites for hydroxylation is 1. The molecule has 0 amide bonds. The first-order valence-electron chi connectivity index (χ1n) is 12.8. The number of hydrogen-bond acceptors (Lipinski definition) is 5. The zero-order valence-corrected chi connectivity index (χ0v) is 21.7. The molecule has 2 aliphatic rings. The molecule has 1 saturated carbocycles. The summed E-state index contributed by atoms with van der Waals surface area (Å²) in [5.41, 5.74) is 5.51. The Morgan fingerprint density at radius 1 is 1.00 bits per heavy atom. The van der Waals surface area contributed by atoms with Crippen LogP contribution in [0.3, 0.4) is 0 Å². The Morgan fingerprint density at radius 3 is 2.26 bits per heavy atom. The van der Waals surface area contributed by atoms with Gasteiger partial charge in [0.05, 0.1) is 65.4 Å². The van der Waals surface area contributed by atoms with Gasteiger partial charge in [-0.2, -0.15) is 5.10 Å². The third-order valence-electron chi connectivity index (χ3n) is 7.85. The highest BCUT2D eigenvalue weighted by molar-refractivity contribution is 5.82. The Balaban J connectivity index is 1.73. The van der Waals surface area contributed by atoms with Gasteiger partial charge in [-0.25, -0.2) is 4.52 Å². The highest BCUT2D eigenvalue weighted by atomic mass is 16.5. The van der Waals surface area contributed by atoms with Crippen LogP contribution in [0.25, 0.3) is 16.8 Å². The van der Waals surface area contributed by atoms with Crippen molar-refractivity contribution in [2.75, 3.05) is 48.1 Å². The third-order valence-corrected chi connectivity index (χ3v) is 7.85. The first-order valence-corrected chi connectivity index (χ1v) is 12.8. The molecule has 3 heterocycles. The molecule has 0 bridgehead atoms. The van der Waals surface area contributed by atoms with Gasteiger partial charge in [0.15, 0.2) is 5.69 Å². The number of quaternary nitrogens is 1. The van der Waals surface area contributed by atoms with Gasteiger partial charge in [0.1, 0.15) is 28.5 Å². The average Bonchev–Trinajstić information content (AvgIpc) is 3.63. The summed E-state index contributed by atoms with van der Waals surface area (Å²) in [7, 11) is 7.44. The molecular formula is C28H38N3O4+. The van der Waals surface area contributed by atoms with Crippen molar-refractivity contribution in [2.45, 2.75) is 45.1 Å². The molecule has 188 valence electrons. The van der Waals surface area contributed by atoms with Gasteiger partial charge in [0.2, 0.25) is 0 Å². The largest absolute Gasteiger partial charge is 0.496 e. The number of pyridine rings is 1. The topological polar surface area (TPSA) is 54.2 Å². The minimum Gasteiger partial charge on any atom is -0.496 e. The molecule has 2 fully saturated rings. The lowest BCUT2D eigenvalue weighted by atomic mass is 10.0. The molecule has 2 aromatic heterocycles. The Kier molecular flexibility index (Phi) is 6.64. The number of rotatable bonds is 9. The van der Waals surface area contributed by atoms with E-state index in [1.807, 2.05) is 12.1 Å². The Labute approximate surface area is 208 Å². The molecule has 3 aromatic rings. The fraction of sp³-hybridized carbons (Fsp3) is 0.536. The van der Waals surface area contributed by atoms with Crippen LogP contribution in [0.5, 0.6) is 17.2 Å². The van der Waals surface area contributed by atoms with Crippen LogP contribution in [0.15, 0.2) is 30.3 Å². The predicted molar refractivity (Wildman–Crippen MR) is 139 cm³/mol. The molecule has 0 radical (unpaired) electrons. The van der Waals surface area contributed by atoms with Crippen LogP contribution in [0.4, 0.5) is 5.69 Å². The minimum atomic E-state index is 0.538. The van der Waals surface area contributed by atoms with Crippen molar-refractivity contribution in [1.82, 2.24) is 14.1 Å². The van der Waals surface area contributed by atoms with Crippen LogP contribution >= 0.6 is 0 Å². The molecule has 5 rings (SSSR count). The van der Waals surface area contributed by atoms with Crippen LogP contribution < -0.4 is 18.7 Å². The number of ether oxygens (including phenoxy) is 4. The monoisotopic (exact) mass is 480 g/mol. The average molecular weight is 481 g/mol. The van der Waals surface area contributed by atoms with E-state index in [9.17, 15) is 0 Å². The molecule has 1 unspecified atom stereocenters. The van der Waals surface area contributed by atoms with Crippen molar-refractivity contribution >= 4 is 11.2 Å². The Morgan fingerprint density at radius 2 is 1.69 bits per heavy atom. The van der Waals surface area contributed by atoms with Crippen molar-refractivity contribution in [3.05, 3.63) is 36.0 Å². The Hall–Kier alpha value is -2.77. The van der Waals surface area contributed by atoms with E-state index >= 15 is 0 Å². The number of aromatic nitrogens is 2. The second-order valence-corrected chi connectivity index (χ2v) is 10.0. The zero-order valence-electron chi connectivity index (χ0n) is 21.7. The maximum atomic E-state index is 5.80. The van der Waals surface area contributed by atoms with E-state index in [1.54, 1.807) is 21.3 Å². The maximum Gasteiger partial charge on any atom is 0.182 e. The van der Waals surface area contributed by atoms with Crippen molar-refractivity contribution in [3.8, 4) is 28.5 Å². The fourth-order valence-electron chi connectivity index (χ4n) is 5.86. The lowest BCUT2D eigenvalue weighted by molar-refractivity contribution is 0.0436. The zero-order chi connectivity index (χ0) is 24.6. The predicted octanol–water partition coefficient (Wildman–Crippen LogP) is 5.12. The number of benzene rings is 1. The van der Waals surface area contributed by atoms with Crippen LogP contribution in [0.1, 0.15) is 38.3 Å². The molecule has 1 aliphatic heterocycles. The van der Waals surface area contributed by atoms with E-state index in [0.717, 1.165) is 59.7 Å². The molecule has 35 heavy (non-hydrogen) atoms. The van der Waals surface area contributed by atoms with Crippen molar-refractivity contribution in [2.24, 2.45) is 5.92 Å². The number of nitrogens with zero attached hydrogens (tertiary/aromatic N) is 3. The lowest BCUT2D eigenvalue weighted by Crippen LogP contribution is -2.57. The summed E-state index contributed by atoms with van der Waals surface area (Å²) in [6.07, 6.45) is 5.73. The fourth-order valence-corrected chi connectivity index (χ4v) is 5.86. The normalized spacial score (nSPS) is 18.4. The van der Waals surface area contributed by atoms with Crippen LogP contribution in [0, 0.1) is 5.92 Å². The number of hydrogen-bond donors (Lipinski definition) is 0. The van der Waals surface area contributed by atoms with E-state index in [2.05, 4.69) is 36.7 Å². The smallest absolute Gasteiger partial charge is 0.182 e. The summed E-state index contributed by atoms with van der Waals surface area (Å²) in [4.78, 5) is 0. The van der Waals surface area contributed by atoms with Gasteiger partial charge in [0.25, 0.3) is 0 Å². The van der Waals surface area contributed by atoms with Gasteiger partial charge in [0, 0.05) is 30.9 Å². The summed E-state index contributed by atoms with van der Waals surface area (Å²) < 4.78 is 25.9. The van der Waals surface area contributed by atoms with Gasteiger partial charge in [-0.15, -0.1) is 0 Å². The van der Waals surface area contributed by atoms with Gasteiger partial charge < -0.3 is 18.9 Å².